The molecule has 220 valence electrons. The number of ether oxygens (including phenoxy) is 1. The number of benzene rings is 2. The third-order valence-electron chi connectivity index (χ3n) is 6.96. The summed E-state index contributed by atoms with van der Waals surface area (Å²) in [6, 6.07) is 19.3. The van der Waals surface area contributed by atoms with Crippen LogP contribution in [0.25, 0.3) is 33.4 Å². The maximum Gasteiger partial charge on any atom is 0.306 e. The lowest BCUT2D eigenvalue weighted by Gasteiger charge is -2.17. The third kappa shape index (κ3) is 6.72. The number of hydrogen-bond acceptors (Lipinski definition) is 9. The molecule has 0 bridgehead atoms. The molecular weight excluding hydrogens is 568 g/mol. The molecule has 3 heterocycles. The molecule has 11 heteroatoms. The topological polar surface area (TPSA) is 142 Å². The van der Waals surface area contributed by atoms with E-state index in [1.807, 2.05) is 74.5 Å². The molecule has 0 saturated heterocycles. The highest BCUT2D eigenvalue weighted by Gasteiger charge is 2.17. The molecule has 0 aliphatic heterocycles. The molecule has 0 aliphatic rings. The lowest BCUT2D eigenvalue weighted by Crippen LogP contribution is -2.28. The van der Waals surface area contributed by atoms with Crippen molar-refractivity contribution in [2.75, 3.05) is 19.0 Å². The van der Waals surface area contributed by atoms with Crippen molar-refractivity contribution in [1.82, 2.24) is 25.3 Å². The Morgan fingerprint density at radius 2 is 1.74 bits per heavy atom. The molecule has 0 amide bonds. The quantitative estimate of drug-likeness (QED) is 0.149. The van der Waals surface area contributed by atoms with Gasteiger partial charge in [-0.15, -0.1) is 0 Å². The maximum atomic E-state index is 10.8. The fourth-order valence-electron chi connectivity index (χ4n) is 4.88. The van der Waals surface area contributed by atoms with Crippen molar-refractivity contribution in [1.29, 1.82) is 0 Å². The van der Waals surface area contributed by atoms with Crippen LogP contribution in [-0.2, 0) is 11.3 Å². The van der Waals surface area contributed by atoms with E-state index in [1.165, 1.54) is 7.11 Å². The molecule has 0 fully saturated rings. The summed E-state index contributed by atoms with van der Waals surface area (Å²) in [6.45, 7) is 4.35. The van der Waals surface area contributed by atoms with Crippen molar-refractivity contribution < 1.29 is 19.7 Å². The second kappa shape index (κ2) is 13.1. The summed E-state index contributed by atoms with van der Waals surface area (Å²) in [4.78, 5) is 29.0. The minimum Gasteiger partial charge on any atom is -0.481 e. The third-order valence-corrected chi connectivity index (χ3v) is 7.36. The molecule has 1 atom stereocenters. The van der Waals surface area contributed by atoms with Crippen LogP contribution in [0.3, 0.4) is 0 Å². The van der Waals surface area contributed by atoms with E-state index < -0.39 is 12.1 Å². The van der Waals surface area contributed by atoms with Gasteiger partial charge in [0.2, 0.25) is 5.88 Å². The smallest absolute Gasteiger partial charge is 0.306 e. The number of aliphatic carboxylic acids is 1. The van der Waals surface area contributed by atoms with Gasteiger partial charge in [-0.05, 0) is 49.2 Å². The number of nitrogens with zero attached hydrogens (tertiary/aromatic N) is 4. The fourth-order valence-corrected chi connectivity index (χ4v) is 5.20. The molecule has 3 aromatic heterocycles. The van der Waals surface area contributed by atoms with Crippen molar-refractivity contribution in [2.24, 2.45) is 0 Å². The van der Waals surface area contributed by atoms with Crippen LogP contribution in [0.4, 0.5) is 11.5 Å². The number of fused-ring (bicyclic) bond motifs is 1. The van der Waals surface area contributed by atoms with Crippen LogP contribution in [0.2, 0.25) is 5.02 Å². The van der Waals surface area contributed by atoms with Gasteiger partial charge in [0, 0.05) is 41.7 Å². The van der Waals surface area contributed by atoms with Gasteiger partial charge in [0.05, 0.1) is 35.9 Å². The fraction of sp³-hybridized carbons (Fsp3) is 0.219. The number of anilines is 2. The van der Waals surface area contributed by atoms with Crippen molar-refractivity contribution in [3.05, 3.63) is 88.8 Å². The van der Waals surface area contributed by atoms with Gasteiger partial charge in [-0.3, -0.25) is 9.78 Å². The Morgan fingerprint density at radius 1 is 0.977 bits per heavy atom. The van der Waals surface area contributed by atoms with Gasteiger partial charge in [0.1, 0.15) is 11.3 Å². The molecule has 43 heavy (non-hydrogen) atoms. The van der Waals surface area contributed by atoms with Crippen LogP contribution in [0.15, 0.2) is 66.9 Å². The van der Waals surface area contributed by atoms with E-state index in [0.717, 1.165) is 39.0 Å². The molecule has 5 aromatic rings. The number of nitrogens with one attached hydrogen (secondary N) is 2. The lowest BCUT2D eigenvalue weighted by atomic mass is 9.96. The van der Waals surface area contributed by atoms with Crippen LogP contribution in [-0.4, -0.2) is 55.9 Å². The van der Waals surface area contributed by atoms with Crippen molar-refractivity contribution in [3.8, 4) is 28.3 Å². The number of halogens is 1. The van der Waals surface area contributed by atoms with E-state index in [1.54, 1.807) is 6.20 Å². The number of carboxylic acid groups (broad SMARTS) is 1. The predicted molar refractivity (Wildman–Crippen MR) is 167 cm³/mol. The summed E-state index contributed by atoms with van der Waals surface area (Å²) in [5.41, 5.74) is 7.25. The highest BCUT2D eigenvalue weighted by Crippen LogP contribution is 2.39. The van der Waals surface area contributed by atoms with Crippen molar-refractivity contribution >= 4 is 40.1 Å². The van der Waals surface area contributed by atoms with Gasteiger partial charge in [0.25, 0.3) is 0 Å². The Bertz CT molecular complexity index is 1800. The van der Waals surface area contributed by atoms with Crippen LogP contribution in [0, 0.1) is 13.8 Å². The second-order valence-corrected chi connectivity index (χ2v) is 10.4. The molecular formula is C32H31ClN6O4. The Kier molecular flexibility index (Phi) is 9.10. The van der Waals surface area contributed by atoms with E-state index in [-0.39, 0.29) is 13.0 Å². The first-order valence-electron chi connectivity index (χ1n) is 13.6. The highest BCUT2D eigenvalue weighted by atomic mass is 35.5. The minimum absolute atomic E-state index is 0.127. The first-order chi connectivity index (χ1) is 20.7. The average Bonchev–Trinajstić information content (AvgIpc) is 2.98. The maximum absolute atomic E-state index is 10.8. The van der Waals surface area contributed by atoms with Crippen LogP contribution in [0.5, 0.6) is 5.88 Å². The Balaban J connectivity index is 1.43. The van der Waals surface area contributed by atoms with Crippen LogP contribution < -0.4 is 15.4 Å². The molecule has 0 spiro atoms. The average molecular weight is 599 g/mol. The van der Waals surface area contributed by atoms with Gasteiger partial charge >= 0.3 is 5.97 Å². The zero-order chi connectivity index (χ0) is 30.5. The number of methoxy groups -OCH3 is 1. The van der Waals surface area contributed by atoms with E-state index in [4.69, 9.17) is 26.4 Å². The zero-order valence-electron chi connectivity index (χ0n) is 23.9. The number of rotatable bonds is 11. The number of carboxylic acids is 1. The van der Waals surface area contributed by atoms with Crippen molar-refractivity contribution in [2.45, 2.75) is 32.9 Å². The van der Waals surface area contributed by atoms with Gasteiger partial charge in [-0.25, -0.2) is 15.0 Å². The number of pyridine rings is 2. The number of carbonyl (C=O) groups is 1. The number of aryl methyl sites for hydroxylation is 1. The minimum atomic E-state index is -1.05. The zero-order valence-corrected chi connectivity index (χ0v) is 24.7. The predicted octanol–water partition coefficient (Wildman–Crippen LogP) is 5.70. The van der Waals surface area contributed by atoms with E-state index in [9.17, 15) is 9.90 Å². The SMILES string of the molecule is COc1nc(-c2cccc(-c3cccc(Nc4nc(C)nc5cccnc45)c3C)c2Cl)ccc1CNC[C@H](O)CC(=O)O. The number of aliphatic hydroxyl groups is 1. The van der Waals surface area contributed by atoms with E-state index >= 15 is 0 Å². The summed E-state index contributed by atoms with van der Waals surface area (Å²) in [7, 11) is 1.53. The molecule has 0 radical (unpaired) electrons. The van der Waals surface area contributed by atoms with Gasteiger partial charge in [-0.1, -0.05) is 48.0 Å². The first kappa shape index (κ1) is 29.8. The van der Waals surface area contributed by atoms with Gasteiger partial charge < -0.3 is 25.6 Å². The highest BCUT2D eigenvalue weighted by molar-refractivity contribution is 6.36. The van der Waals surface area contributed by atoms with Crippen molar-refractivity contribution in [3.63, 3.8) is 0 Å². The summed E-state index contributed by atoms with van der Waals surface area (Å²) in [5.74, 6) is 0.628. The molecule has 0 unspecified atom stereocenters. The normalized spacial score (nSPS) is 11.8. The monoisotopic (exact) mass is 598 g/mol. The Hall–Kier alpha value is -4.64. The molecule has 5 rings (SSSR count). The largest absolute Gasteiger partial charge is 0.481 e. The Morgan fingerprint density at radius 3 is 2.53 bits per heavy atom. The standard InChI is InChI=1S/C32H31ClN6O4/c1-18-22(7-5-10-25(18)38-31-30-27(11-6-14-35-30)36-19(2)37-31)23-8-4-9-24(29(23)33)26-13-12-20(32(39-26)43-3)16-34-17-21(40)15-28(41)42/h4-14,21,34,40H,15-17H2,1-3H3,(H,41,42)(H,36,37,38)/t21-/m1/s1. The number of aliphatic hydroxyl groups excluding tert-OH is 1. The molecule has 10 nitrogen and oxygen atoms in total. The van der Waals surface area contributed by atoms with E-state index in [2.05, 4.69) is 25.6 Å². The van der Waals surface area contributed by atoms with Crippen LogP contribution in [0.1, 0.15) is 23.4 Å². The summed E-state index contributed by atoms with van der Waals surface area (Å²) in [6.07, 6.45) is 0.401. The molecule has 4 N–H and O–H groups in total. The molecule has 2 aromatic carbocycles. The summed E-state index contributed by atoms with van der Waals surface area (Å²) in [5, 5.41) is 25.7. The van der Waals surface area contributed by atoms with E-state index in [0.29, 0.717) is 40.3 Å². The van der Waals surface area contributed by atoms with Crippen LogP contribution >= 0.6 is 11.6 Å². The number of aromatic nitrogens is 4. The second-order valence-electron chi connectivity index (χ2n) is 10.0. The summed E-state index contributed by atoms with van der Waals surface area (Å²) >= 11 is 7.04. The lowest BCUT2D eigenvalue weighted by molar-refractivity contribution is -0.139. The Labute approximate surface area is 253 Å². The first-order valence-corrected chi connectivity index (χ1v) is 14.0. The van der Waals surface area contributed by atoms with Gasteiger partial charge in [-0.2, -0.15) is 0 Å². The molecule has 0 saturated carbocycles. The van der Waals surface area contributed by atoms with Gasteiger partial charge in [0.15, 0.2) is 5.82 Å². The number of hydrogen-bond donors (Lipinski definition) is 4. The molecule has 0 aliphatic carbocycles. The summed E-state index contributed by atoms with van der Waals surface area (Å²) < 4.78 is 5.54.